The zero-order valence-electron chi connectivity index (χ0n) is 16.4. The molecular formula is C23H20N4O2S. The van der Waals surface area contributed by atoms with E-state index in [0.29, 0.717) is 11.1 Å². The normalized spacial score (nSPS) is 10.6. The van der Waals surface area contributed by atoms with Crippen LogP contribution in [0.15, 0.2) is 94.6 Å². The molecule has 150 valence electrons. The molecule has 0 bridgehead atoms. The molecule has 0 spiro atoms. The Balaban J connectivity index is 1.42. The van der Waals surface area contributed by atoms with Gasteiger partial charge in [-0.2, -0.15) is 0 Å². The van der Waals surface area contributed by atoms with Gasteiger partial charge in [-0.1, -0.05) is 65.9 Å². The summed E-state index contributed by atoms with van der Waals surface area (Å²) in [5, 5.41) is 10.2. The number of hydrogen-bond acceptors (Lipinski definition) is 6. The van der Waals surface area contributed by atoms with E-state index in [1.807, 2.05) is 91.9 Å². The van der Waals surface area contributed by atoms with Crippen molar-refractivity contribution in [3.8, 4) is 11.5 Å². The monoisotopic (exact) mass is 416 g/mol. The summed E-state index contributed by atoms with van der Waals surface area (Å²) in [5.74, 6) is 0.408. The van der Waals surface area contributed by atoms with Gasteiger partial charge in [-0.15, -0.1) is 10.2 Å². The van der Waals surface area contributed by atoms with Crippen molar-refractivity contribution >= 4 is 29.0 Å². The second-order valence-electron chi connectivity index (χ2n) is 6.57. The molecule has 1 N–H and O–H groups in total. The van der Waals surface area contributed by atoms with Gasteiger partial charge in [0.25, 0.3) is 5.22 Å². The summed E-state index contributed by atoms with van der Waals surface area (Å²) in [6, 6.07) is 27.2. The third-order valence-corrected chi connectivity index (χ3v) is 5.08. The molecule has 0 aliphatic heterocycles. The highest BCUT2D eigenvalue weighted by Crippen LogP contribution is 2.25. The molecule has 7 heteroatoms. The molecule has 0 saturated heterocycles. The number of amides is 1. The van der Waals surface area contributed by atoms with Crippen molar-refractivity contribution in [2.24, 2.45) is 0 Å². The first-order chi connectivity index (χ1) is 14.7. The van der Waals surface area contributed by atoms with Crippen molar-refractivity contribution in [2.45, 2.75) is 12.1 Å². The van der Waals surface area contributed by atoms with E-state index in [9.17, 15) is 4.79 Å². The second kappa shape index (κ2) is 9.28. The van der Waals surface area contributed by atoms with E-state index >= 15 is 0 Å². The van der Waals surface area contributed by atoms with Crippen molar-refractivity contribution in [3.63, 3.8) is 0 Å². The lowest BCUT2D eigenvalue weighted by molar-refractivity contribution is -0.118. The first kappa shape index (κ1) is 19.7. The number of nitrogens with one attached hydrogen (secondary N) is 1. The number of carbonyl (C=O) groups is 1. The summed E-state index contributed by atoms with van der Waals surface area (Å²) >= 11 is 1.20. The molecule has 0 aliphatic carbocycles. The average Bonchev–Trinajstić information content (AvgIpc) is 3.26. The van der Waals surface area contributed by atoms with Crippen LogP contribution in [-0.4, -0.2) is 21.9 Å². The van der Waals surface area contributed by atoms with E-state index in [2.05, 4.69) is 15.6 Å². The molecule has 30 heavy (non-hydrogen) atoms. The molecule has 4 rings (SSSR count). The third-order valence-electron chi connectivity index (χ3n) is 4.26. The van der Waals surface area contributed by atoms with Crippen molar-refractivity contribution in [1.29, 1.82) is 0 Å². The van der Waals surface area contributed by atoms with E-state index < -0.39 is 0 Å². The summed E-state index contributed by atoms with van der Waals surface area (Å²) in [4.78, 5) is 12.6. The van der Waals surface area contributed by atoms with Crippen LogP contribution in [-0.2, 0) is 4.79 Å². The van der Waals surface area contributed by atoms with Crippen molar-refractivity contribution in [2.75, 3.05) is 10.8 Å². The number of thioether (sulfide) groups is 1. The number of hydrogen-bond donors (Lipinski definition) is 1. The van der Waals surface area contributed by atoms with E-state index in [0.717, 1.165) is 22.5 Å². The van der Waals surface area contributed by atoms with Crippen molar-refractivity contribution in [3.05, 3.63) is 90.5 Å². The first-order valence-corrected chi connectivity index (χ1v) is 10.4. The number of hydrazine groups is 1. The molecule has 0 fully saturated rings. The lowest BCUT2D eigenvalue weighted by Crippen LogP contribution is -2.39. The van der Waals surface area contributed by atoms with E-state index in [4.69, 9.17) is 4.42 Å². The Morgan fingerprint density at radius 1 is 0.933 bits per heavy atom. The quantitative estimate of drug-likeness (QED) is 0.337. The van der Waals surface area contributed by atoms with Crippen LogP contribution in [0.1, 0.15) is 5.56 Å². The highest BCUT2D eigenvalue weighted by atomic mass is 32.2. The van der Waals surface area contributed by atoms with Crippen LogP contribution in [0.4, 0.5) is 11.4 Å². The summed E-state index contributed by atoms with van der Waals surface area (Å²) in [5.41, 5.74) is 6.65. The molecule has 3 aromatic carbocycles. The molecule has 0 unspecified atom stereocenters. The number of anilines is 2. The van der Waals surface area contributed by atoms with Crippen LogP contribution >= 0.6 is 11.8 Å². The van der Waals surface area contributed by atoms with Crippen LogP contribution in [0.3, 0.4) is 0 Å². The van der Waals surface area contributed by atoms with Crippen LogP contribution in [0, 0.1) is 6.92 Å². The zero-order chi connectivity index (χ0) is 20.8. The average molecular weight is 417 g/mol. The van der Waals surface area contributed by atoms with Gasteiger partial charge in [-0.3, -0.25) is 15.2 Å². The molecule has 0 atom stereocenters. The van der Waals surface area contributed by atoms with Gasteiger partial charge < -0.3 is 4.42 Å². The van der Waals surface area contributed by atoms with Gasteiger partial charge in [-0.05, 0) is 43.3 Å². The highest BCUT2D eigenvalue weighted by molar-refractivity contribution is 7.99. The van der Waals surface area contributed by atoms with E-state index in [-0.39, 0.29) is 11.7 Å². The summed E-state index contributed by atoms with van der Waals surface area (Å²) in [6.45, 7) is 2.01. The number of para-hydroxylation sites is 2. The summed E-state index contributed by atoms with van der Waals surface area (Å²) in [7, 11) is 0. The van der Waals surface area contributed by atoms with Crippen LogP contribution in [0.5, 0.6) is 0 Å². The number of nitrogens with zero attached hydrogens (tertiary/aromatic N) is 3. The first-order valence-electron chi connectivity index (χ1n) is 9.42. The maximum Gasteiger partial charge on any atom is 0.277 e. The van der Waals surface area contributed by atoms with Gasteiger partial charge in [0.1, 0.15) is 0 Å². The highest BCUT2D eigenvalue weighted by Gasteiger charge is 2.15. The molecule has 0 aliphatic rings. The Labute approximate surface area is 178 Å². The predicted molar refractivity (Wildman–Crippen MR) is 118 cm³/mol. The molecule has 0 saturated carbocycles. The van der Waals surface area contributed by atoms with Gasteiger partial charge in [-0.25, -0.2) is 0 Å². The lowest BCUT2D eigenvalue weighted by Gasteiger charge is -2.25. The minimum atomic E-state index is -0.178. The summed E-state index contributed by atoms with van der Waals surface area (Å²) in [6.07, 6.45) is 0. The maximum absolute atomic E-state index is 12.6. The molecular weight excluding hydrogens is 396 g/mol. The van der Waals surface area contributed by atoms with Crippen LogP contribution in [0.2, 0.25) is 0 Å². The molecule has 4 aromatic rings. The van der Waals surface area contributed by atoms with Gasteiger partial charge >= 0.3 is 0 Å². The summed E-state index contributed by atoms with van der Waals surface area (Å²) < 4.78 is 5.70. The van der Waals surface area contributed by atoms with E-state index in [1.165, 1.54) is 11.8 Å². The fourth-order valence-electron chi connectivity index (χ4n) is 2.88. The van der Waals surface area contributed by atoms with Gasteiger partial charge in [0.2, 0.25) is 11.8 Å². The van der Waals surface area contributed by atoms with Crippen LogP contribution in [0.25, 0.3) is 11.5 Å². The lowest BCUT2D eigenvalue weighted by atomic mass is 10.1. The Morgan fingerprint density at radius 3 is 2.23 bits per heavy atom. The Bertz CT molecular complexity index is 1080. The maximum atomic E-state index is 12.6. The number of rotatable bonds is 7. The molecule has 6 nitrogen and oxygen atoms in total. The Kier molecular flexibility index (Phi) is 6.10. The fraction of sp³-hybridized carbons (Fsp3) is 0.0870. The van der Waals surface area contributed by atoms with Gasteiger partial charge in [0, 0.05) is 5.56 Å². The number of aromatic nitrogens is 2. The molecule has 0 radical (unpaired) electrons. The molecule has 1 amide bonds. The van der Waals surface area contributed by atoms with Crippen LogP contribution < -0.4 is 10.4 Å². The molecule has 1 aromatic heterocycles. The van der Waals surface area contributed by atoms with Gasteiger partial charge in [0.15, 0.2) is 0 Å². The minimum Gasteiger partial charge on any atom is -0.411 e. The van der Waals surface area contributed by atoms with E-state index in [1.54, 1.807) is 5.01 Å². The fourth-order valence-corrected chi connectivity index (χ4v) is 3.43. The molecule has 1 heterocycles. The Morgan fingerprint density at radius 2 is 1.60 bits per heavy atom. The topological polar surface area (TPSA) is 71.3 Å². The minimum absolute atomic E-state index is 0.144. The predicted octanol–water partition coefficient (Wildman–Crippen LogP) is 5.01. The number of carbonyl (C=O) groups excluding carboxylic acids is 1. The zero-order valence-corrected chi connectivity index (χ0v) is 17.2. The van der Waals surface area contributed by atoms with Gasteiger partial charge in [0.05, 0.1) is 17.1 Å². The number of aryl methyl sites for hydroxylation is 1. The third kappa shape index (κ3) is 4.87. The second-order valence-corrected chi connectivity index (χ2v) is 7.50. The largest absolute Gasteiger partial charge is 0.411 e. The van der Waals surface area contributed by atoms with Crippen molar-refractivity contribution in [1.82, 2.24) is 15.6 Å². The number of benzene rings is 3. The Hall–Kier alpha value is -3.58. The SMILES string of the molecule is Cc1cccc(-c2nnc(SCC(=O)NN(c3ccccc3)c3ccccc3)o2)c1. The van der Waals surface area contributed by atoms with Crippen molar-refractivity contribution < 1.29 is 9.21 Å². The standard InChI is InChI=1S/C23H20N4O2S/c1-17-9-8-10-18(15-17)22-24-25-23(29-22)30-16-21(28)26-27(19-11-4-2-5-12-19)20-13-6-3-7-14-20/h2-15H,16H2,1H3,(H,26,28). The smallest absolute Gasteiger partial charge is 0.277 e.